The number of allylic oxidation sites excluding steroid dienone is 4. The van der Waals surface area contributed by atoms with Crippen LogP contribution in [-0.4, -0.2) is 9.97 Å². The second-order valence-corrected chi connectivity index (χ2v) is 12.4. The molecule has 230 valence electrons. The van der Waals surface area contributed by atoms with Gasteiger partial charge < -0.3 is 4.42 Å². The Morgan fingerprint density at radius 3 is 2.08 bits per heavy atom. The van der Waals surface area contributed by atoms with E-state index in [0.29, 0.717) is 22.8 Å². The maximum absolute atomic E-state index is 9.77. The lowest BCUT2D eigenvalue weighted by Crippen LogP contribution is -2.16. The predicted molar refractivity (Wildman–Crippen MR) is 200 cm³/mol. The summed E-state index contributed by atoms with van der Waals surface area (Å²) >= 11 is 0. The molecule has 6 aromatic carbocycles. The third kappa shape index (κ3) is 4.58. The van der Waals surface area contributed by atoms with Crippen molar-refractivity contribution in [1.82, 2.24) is 9.97 Å². The molecular weight excluding hydrogens is 597 g/mol. The van der Waals surface area contributed by atoms with Gasteiger partial charge in [-0.2, -0.15) is 0 Å². The fourth-order valence-electron chi connectivity index (χ4n) is 7.31. The number of rotatable bonds is 4. The molecule has 10 rings (SSSR count). The predicted octanol–water partition coefficient (Wildman–Crippen LogP) is 12.0. The Morgan fingerprint density at radius 2 is 1.24 bits per heavy atom. The van der Waals surface area contributed by atoms with E-state index in [4.69, 9.17) is 17.1 Å². The van der Waals surface area contributed by atoms with Crippen LogP contribution >= 0.6 is 0 Å². The average Bonchev–Trinajstić information content (AvgIpc) is 3.64. The van der Waals surface area contributed by atoms with Gasteiger partial charge in [-0.3, -0.25) is 0 Å². The lowest BCUT2D eigenvalue weighted by molar-refractivity contribution is 0.669. The van der Waals surface area contributed by atoms with Crippen molar-refractivity contribution in [2.45, 2.75) is 11.8 Å². The molecule has 49 heavy (non-hydrogen) atoms. The van der Waals surface area contributed by atoms with Gasteiger partial charge in [0.1, 0.15) is 11.2 Å². The minimum absolute atomic E-state index is 0.0327. The quantitative estimate of drug-likeness (QED) is 0.194. The molecule has 2 aliphatic carbocycles. The van der Waals surface area contributed by atoms with E-state index in [1.165, 1.54) is 5.56 Å². The first-order valence-corrected chi connectivity index (χ1v) is 16.3. The number of fused-ring (bicyclic) bond motifs is 9. The molecule has 2 aromatic heterocycles. The molecule has 2 atom stereocenters. The third-order valence-corrected chi connectivity index (χ3v) is 9.60. The molecule has 0 saturated heterocycles. The van der Waals surface area contributed by atoms with Gasteiger partial charge in [0.05, 0.1) is 19.6 Å². The zero-order chi connectivity index (χ0) is 37.5. The molecule has 0 fully saturated rings. The van der Waals surface area contributed by atoms with Crippen LogP contribution in [0.5, 0.6) is 0 Å². The van der Waals surface area contributed by atoms with Gasteiger partial charge in [0.25, 0.3) is 0 Å². The standard InChI is InChI=1S/C46H30N2O/c1-3-12-29(13-4-1)41-28-42(48-46(47-41)30-14-5-2-6-15-30)38-20-11-21-44-45(38)40-27-32(23-25-43(40)49-44)31-22-24-37-35-18-8-7-16-33(35)34-17-9-10-19-36(34)39(37)26-31/h1-28,34,36H/i11D,20D,21D,23D,25D,27D. The third-order valence-electron chi connectivity index (χ3n) is 9.60. The lowest BCUT2D eigenvalue weighted by atomic mass is 9.69. The van der Waals surface area contributed by atoms with Crippen LogP contribution in [0.2, 0.25) is 0 Å². The van der Waals surface area contributed by atoms with Crippen molar-refractivity contribution in [1.29, 1.82) is 0 Å². The molecule has 0 spiro atoms. The highest BCUT2D eigenvalue weighted by atomic mass is 16.3. The number of nitrogens with zero attached hydrogens (tertiary/aromatic N) is 2. The van der Waals surface area contributed by atoms with Crippen molar-refractivity contribution in [2.24, 2.45) is 0 Å². The van der Waals surface area contributed by atoms with E-state index in [2.05, 4.69) is 42.5 Å². The number of hydrogen-bond acceptors (Lipinski definition) is 3. The summed E-state index contributed by atoms with van der Waals surface area (Å²) in [4.78, 5) is 9.84. The van der Waals surface area contributed by atoms with Crippen LogP contribution in [0.25, 0.3) is 78.1 Å². The highest BCUT2D eigenvalue weighted by Crippen LogP contribution is 2.50. The second-order valence-electron chi connectivity index (χ2n) is 12.4. The van der Waals surface area contributed by atoms with E-state index in [1.807, 2.05) is 84.9 Å². The molecule has 3 heteroatoms. The Hall–Kier alpha value is -6.32. The van der Waals surface area contributed by atoms with E-state index in [0.717, 1.165) is 27.8 Å². The topological polar surface area (TPSA) is 38.9 Å². The second kappa shape index (κ2) is 11.1. The monoisotopic (exact) mass is 632 g/mol. The van der Waals surface area contributed by atoms with Crippen LogP contribution in [-0.2, 0) is 0 Å². The number of furan rings is 1. The lowest BCUT2D eigenvalue weighted by Gasteiger charge is -2.34. The van der Waals surface area contributed by atoms with Crippen molar-refractivity contribution in [3.05, 3.63) is 181 Å². The van der Waals surface area contributed by atoms with Gasteiger partial charge >= 0.3 is 0 Å². The number of aromatic nitrogens is 2. The molecule has 0 bridgehead atoms. The molecule has 3 nitrogen and oxygen atoms in total. The summed E-state index contributed by atoms with van der Waals surface area (Å²) in [7, 11) is 0. The molecule has 0 aliphatic heterocycles. The van der Waals surface area contributed by atoms with Gasteiger partial charge in [-0.15, -0.1) is 0 Å². The first-order chi connectivity index (χ1) is 26.8. The normalized spacial score (nSPS) is 17.7. The minimum Gasteiger partial charge on any atom is -0.456 e. The summed E-state index contributed by atoms with van der Waals surface area (Å²) in [6.07, 6.45) is 8.54. The van der Waals surface area contributed by atoms with Crippen LogP contribution in [0, 0.1) is 0 Å². The summed E-state index contributed by atoms with van der Waals surface area (Å²) in [6.45, 7) is 0. The molecule has 2 unspecified atom stereocenters. The summed E-state index contributed by atoms with van der Waals surface area (Å²) in [5.41, 5.74) is 8.06. The zero-order valence-electron chi connectivity index (χ0n) is 32.2. The summed E-state index contributed by atoms with van der Waals surface area (Å²) in [5, 5.41) is 0.440. The highest BCUT2D eigenvalue weighted by molar-refractivity contribution is 6.13. The fraction of sp³-hybridized carbons (Fsp3) is 0.0435. The largest absolute Gasteiger partial charge is 0.456 e. The van der Waals surface area contributed by atoms with Crippen molar-refractivity contribution in [3.63, 3.8) is 0 Å². The SMILES string of the molecule is [2H]c1c(-c2ccc3c(c2)C2C=CC=CC2c2ccccc2-3)c([2H])c2c(oc3c([2H])c([2H])c([2H])c(-c4cc(-c5ccccc5)nc(-c5ccccc5)n4)c32)c1[2H]. The maximum atomic E-state index is 9.77. The Kier molecular flexibility index (Phi) is 5.07. The van der Waals surface area contributed by atoms with Crippen LogP contribution in [0.1, 0.15) is 31.2 Å². The van der Waals surface area contributed by atoms with E-state index in [1.54, 1.807) is 6.07 Å². The molecule has 0 amide bonds. The maximum Gasteiger partial charge on any atom is 0.160 e. The van der Waals surface area contributed by atoms with Crippen molar-refractivity contribution >= 4 is 21.9 Å². The van der Waals surface area contributed by atoms with Gasteiger partial charge in [0.15, 0.2) is 5.82 Å². The average molecular weight is 633 g/mol. The van der Waals surface area contributed by atoms with Crippen molar-refractivity contribution in [2.75, 3.05) is 0 Å². The van der Waals surface area contributed by atoms with Crippen LogP contribution in [0.4, 0.5) is 0 Å². The van der Waals surface area contributed by atoms with Gasteiger partial charge in [-0.05, 0) is 63.6 Å². The zero-order valence-corrected chi connectivity index (χ0v) is 26.2. The number of benzene rings is 6. The summed E-state index contributed by atoms with van der Waals surface area (Å²) in [6, 6.07) is 33.8. The highest BCUT2D eigenvalue weighted by Gasteiger charge is 2.31. The Balaban J connectivity index is 1.26. The Labute approximate surface area is 293 Å². The van der Waals surface area contributed by atoms with E-state index >= 15 is 0 Å². The minimum atomic E-state index is -0.369. The molecule has 0 radical (unpaired) electrons. The van der Waals surface area contributed by atoms with Gasteiger partial charge in [0.2, 0.25) is 0 Å². The molecule has 0 N–H and O–H groups in total. The molecule has 0 saturated carbocycles. The van der Waals surface area contributed by atoms with Gasteiger partial charge in [-0.25, -0.2) is 9.97 Å². The smallest absolute Gasteiger partial charge is 0.160 e. The first kappa shape index (κ1) is 22.3. The summed E-state index contributed by atoms with van der Waals surface area (Å²) in [5.74, 6) is 0.603. The van der Waals surface area contributed by atoms with E-state index in [9.17, 15) is 5.48 Å². The van der Waals surface area contributed by atoms with Gasteiger partial charge in [-0.1, -0.05) is 139 Å². The molecular formula is C46H30N2O. The molecule has 8 aromatic rings. The van der Waals surface area contributed by atoms with Crippen molar-refractivity contribution < 1.29 is 12.6 Å². The Bertz CT molecular complexity index is 2900. The van der Waals surface area contributed by atoms with E-state index < -0.39 is 0 Å². The molecule has 2 heterocycles. The Morgan fingerprint density at radius 1 is 0.531 bits per heavy atom. The summed E-state index contributed by atoms with van der Waals surface area (Å²) < 4.78 is 61.5. The van der Waals surface area contributed by atoms with Crippen LogP contribution in [0.15, 0.2) is 174 Å². The fourth-order valence-corrected chi connectivity index (χ4v) is 7.31. The van der Waals surface area contributed by atoms with Crippen molar-refractivity contribution in [3.8, 4) is 56.2 Å². The van der Waals surface area contributed by atoms with Gasteiger partial charge in [0, 0.05) is 39.3 Å². The molecule has 2 aliphatic rings. The first-order valence-electron chi connectivity index (χ1n) is 19.3. The number of hydrogen-bond donors (Lipinski definition) is 0. The van der Waals surface area contributed by atoms with Crippen LogP contribution < -0.4 is 0 Å². The van der Waals surface area contributed by atoms with E-state index in [-0.39, 0.29) is 81.2 Å². The van der Waals surface area contributed by atoms with Crippen LogP contribution in [0.3, 0.4) is 0 Å².